The maximum atomic E-state index is 11.8. The van der Waals surface area contributed by atoms with Crippen molar-refractivity contribution in [1.29, 1.82) is 0 Å². The average Bonchev–Trinajstić information content (AvgIpc) is 3.91. The van der Waals surface area contributed by atoms with Gasteiger partial charge in [-0.3, -0.25) is 19.4 Å². The van der Waals surface area contributed by atoms with Crippen molar-refractivity contribution in [1.82, 2.24) is 9.80 Å². The van der Waals surface area contributed by atoms with E-state index in [1.807, 2.05) is 0 Å². The average molecular weight is 833 g/mol. The quantitative estimate of drug-likeness (QED) is 0.158. The Kier molecular flexibility index (Phi) is 14.4. The third kappa shape index (κ3) is 11.7. The minimum Gasteiger partial charge on any atom is -0.490 e. The largest absolute Gasteiger partial charge is 0.490 e. The number of benzene rings is 4. The first-order valence-electron chi connectivity index (χ1n) is 23.2. The number of carboxylic acid groups (broad SMARTS) is 1. The zero-order chi connectivity index (χ0) is 43.3. The van der Waals surface area contributed by atoms with Crippen molar-refractivity contribution in [3.63, 3.8) is 0 Å². The Morgan fingerprint density at radius 1 is 0.590 bits per heavy atom. The SMILES string of the molecule is CC(C)(C)C1CCC(Oc2cccc3cc(CN4CCC(C(=O)O)C4)ccc23)CC1.COC(=O)C1CCN(Cc2ccc3c(OC4CCC(C(C)(C)C)CC4)cccc3c2)C1. The molecule has 2 saturated carbocycles. The zero-order valence-corrected chi connectivity index (χ0v) is 38.1. The molecule has 2 aliphatic carbocycles. The molecule has 2 aliphatic heterocycles. The van der Waals surface area contributed by atoms with Gasteiger partial charge in [-0.05, 0) is 146 Å². The molecule has 2 saturated heterocycles. The molecule has 0 amide bonds. The van der Waals surface area contributed by atoms with E-state index in [-0.39, 0.29) is 17.8 Å². The van der Waals surface area contributed by atoms with E-state index in [0.29, 0.717) is 29.6 Å². The highest BCUT2D eigenvalue weighted by Crippen LogP contribution is 2.41. The Morgan fingerprint density at radius 2 is 1.02 bits per heavy atom. The van der Waals surface area contributed by atoms with Crippen molar-refractivity contribution >= 4 is 33.5 Å². The third-order valence-electron chi connectivity index (χ3n) is 14.4. The predicted molar refractivity (Wildman–Crippen MR) is 246 cm³/mol. The number of fused-ring (bicyclic) bond motifs is 2. The van der Waals surface area contributed by atoms with Crippen molar-refractivity contribution in [2.75, 3.05) is 33.3 Å². The Bertz CT molecular complexity index is 2100. The maximum Gasteiger partial charge on any atom is 0.310 e. The number of hydrogen-bond donors (Lipinski definition) is 1. The first kappa shape index (κ1) is 44.9. The van der Waals surface area contributed by atoms with E-state index in [1.54, 1.807) is 0 Å². The standard InChI is InChI=1S/C27H37NO3.C26H35NO3/c1-27(2,3)22-9-11-23(12-10-22)31-25-7-5-6-20-16-19(8-13-24(20)25)17-28-15-14-21(18-28)26(29)30-4;1-26(2,3)21-8-10-22(11-9-21)30-24-6-4-5-19-15-18(7-12-23(19)24)16-27-14-13-20(17-27)25(28)29/h5-8,13,16,21-23H,9-12,14-15,17-18H2,1-4H3;4-7,12,15,20-22H,8-11,13-14,16-17H2,1-3H3,(H,28,29). The summed E-state index contributed by atoms with van der Waals surface area (Å²) in [4.78, 5) is 27.6. The summed E-state index contributed by atoms with van der Waals surface area (Å²) in [6.45, 7) is 19.0. The van der Waals surface area contributed by atoms with Crippen molar-refractivity contribution in [3.8, 4) is 11.5 Å². The minimum absolute atomic E-state index is 0.0128. The van der Waals surface area contributed by atoms with Gasteiger partial charge in [0.2, 0.25) is 0 Å². The van der Waals surface area contributed by atoms with E-state index in [9.17, 15) is 14.7 Å². The van der Waals surface area contributed by atoms with Gasteiger partial charge in [0.15, 0.2) is 0 Å². The molecule has 4 aliphatic rings. The minimum atomic E-state index is -0.672. The lowest BCUT2D eigenvalue weighted by Crippen LogP contribution is -2.30. The van der Waals surface area contributed by atoms with Crippen LogP contribution in [0.4, 0.5) is 0 Å². The highest BCUT2D eigenvalue weighted by Gasteiger charge is 2.33. The van der Waals surface area contributed by atoms with Gasteiger partial charge in [-0.1, -0.05) is 90.1 Å². The van der Waals surface area contributed by atoms with E-state index in [1.165, 1.54) is 65.5 Å². The Labute approximate surface area is 365 Å². The van der Waals surface area contributed by atoms with Gasteiger partial charge >= 0.3 is 11.9 Å². The number of likely N-dealkylation sites (tertiary alicyclic amines) is 2. The van der Waals surface area contributed by atoms with Crippen LogP contribution in [0.5, 0.6) is 11.5 Å². The van der Waals surface area contributed by atoms with E-state index in [0.717, 1.165) is 94.6 Å². The second kappa shape index (κ2) is 19.5. The van der Waals surface area contributed by atoms with Gasteiger partial charge in [-0.15, -0.1) is 0 Å². The Balaban J connectivity index is 0.000000184. The first-order valence-corrected chi connectivity index (χ1v) is 23.2. The number of carboxylic acids is 1. The van der Waals surface area contributed by atoms with E-state index in [2.05, 4.69) is 124 Å². The summed E-state index contributed by atoms with van der Waals surface area (Å²) in [5.41, 5.74) is 3.30. The second-order valence-corrected chi connectivity index (χ2v) is 20.8. The van der Waals surface area contributed by atoms with Gasteiger partial charge in [0, 0.05) is 37.0 Å². The second-order valence-electron chi connectivity index (χ2n) is 20.8. The van der Waals surface area contributed by atoms with Crippen LogP contribution < -0.4 is 9.47 Å². The smallest absolute Gasteiger partial charge is 0.310 e. The topological polar surface area (TPSA) is 88.5 Å². The molecule has 4 aromatic carbocycles. The number of carbonyl (C=O) groups excluding carboxylic acids is 1. The van der Waals surface area contributed by atoms with Crippen molar-refractivity contribution in [3.05, 3.63) is 83.9 Å². The fraction of sp³-hybridized carbons (Fsp3) is 0.585. The van der Waals surface area contributed by atoms with Crippen LogP contribution in [0, 0.1) is 34.5 Å². The molecule has 61 heavy (non-hydrogen) atoms. The molecule has 8 rings (SSSR count). The number of aliphatic carboxylic acids is 1. The molecule has 4 fully saturated rings. The molecule has 330 valence electrons. The first-order chi connectivity index (χ1) is 29.1. The van der Waals surface area contributed by atoms with Gasteiger partial charge in [0.25, 0.3) is 0 Å². The molecule has 0 spiro atoms. The van der Waals surface area contributed by atoms with Gasteiger partial charge in [-0.2, -0.15) is 0 Å². The monoisotopic (exact) mass is 833 g/mol. The fourth-order valence-corrected chi connectivity index (χ4v) is 10.5. The summed E-state index contributed by atoms with van der Waals surface area (Å²) in [6, 6.07) is 25.9. The van der Waals surface area contributed by atoms with Crippen LogP contribution in [0.15, 0.2) is 72.8 Å². The maximum absolute atomic E-state index is 11.8. The van der Waals surface area contributed by atoms with Crippen LogP contribution in [0.1, 0.15) is 117 Å². The molecule has 0 bridgehead atoms. The lowest BCUT2D eigenvalue weighted by atomic mass is 9.72. The van der Waals surface area contributed by atoms with Crippen molar-refractivity contribution in [2.24, 2.45) is 34.5 Å². The highest BCUT2D eigenvalue weighted by atomic mass is 16.5. The molecule has 1 N–H and O–H groups in total. The van der Waals surface area contributed by atoms with Gasteiger partial charge in [0.1, 0.15) is 11.5 Å². The summed E-state index contributed by atoms with van der Waals surface area (Å²) in [7, 11) is 1.48. The molecule has 0 aromatic heterocycles. The van der Waals surface area contributed by atoms with Crippen LogP contribution in [0.3, 0.4) is 0 Å². The lowest BCUT2D eigenvalue weighted by molar-refractivity contribution is -0.145. The van der Waals surface area contributed by atoms with E-state index < -0.39 is 5.97 Å². The number of ether oxygens (including phenoxy) is 3. The normalized spacial score (nSPS) is 25.2. The number of hydrogen-bond acceptors (Lipinski definition) is 7. The predicted octanol–water partition coefficient (Wildman–Crippen LogP) is 11.5. The molecular formula is C53H72N2O6. The van der Waals surface area contributed by atoms with Gasteiger partial charge < -0.3 is 19.3 Å². The molecule has 2 unspecified atom stereocenters. The van der Waals surface area contributed by atoms with Crippen LogP contribution in [-0.4, -0.2) is 72.3 Å². The number of esters is 1. The number of nitrogens with zero attached hydrogens (tertiary/aromatic N) is 2. The summed E-state index contributed by atoms with van der Waals surface area (Å²) < 4.78 is 17.9. The molecule has 2 atom stereocenters. The summed E-state index contributed by atoms with van der Waals surface area (Å²) in [5, 5.41) is 14.0. The van der Waals surface area contributed by atoms with Crippen LogP contribution in [0.2, 0.25) is 0 Å². The van der Waals surface area contributed by atoms with Crippen molar-refractivity contribution < 1.29 is 28.9 Å². The summed E-state index contributed by atoms with van der Waals surface area (Å²) >= 11 is 0. The molecule has 0 radical (unpaired) electrons. The fourth-order valence-electron chi connectivity index (χ4n) is 10.5. The van der Waals surface area contributed by atoms with Crippen molar-refractivity contribution in [2.45, 2.75) is 131 Å². The number of carbonyl (C=O) groups is 2. The van der Waals surface area contributed by atoms with Gasteiger partial charge in [-0.25, -0.2) is 0 Å². The lowest BCUT2D eigenvalue weighted by Gasteiger charge is -2.37. The zero-order valence-electron chi connectivity index (χ0n) is 38.1. The summed E-state index contributed by atoms with van der Waals surface area (Å²) in [5.74, 6) is 2.62. The molecular weight excluding hydrogens is 761 g/mol. The molecule has 4 aromatic rings. The Morgan fingerprint density at radius 3 is 1.41 bits per heavy atom. The molecule has 2 heterocycles. The van der Waals surface area contributed by atoms with E-state index in [4.69, 9.17) is 14.2 Å². The Hall–Kier alpha value is -4.14. The summed E-state index contributed by atoms with van der Waals surface area (Å²) in [6.07, 6.45) is 11.8. The highest BCUT2D eigenvalue weighted by molar-refractivity contribution is 5.89. The van der Waals surface area contributed by atoms with Crippen LogP contribution in [-0.2, 0) is 27.4 Å². The van der Waals surface area contributed by atoms with Gasteiger partial charge in [0.05, 0.1) is 31.2 Å². The number of methoxy groups -OCH3 is 1. The van der Waals surface area contributed by atoms with Crippen LogP contribution >= 0.6 is 0 Å². The van der Waals surface area contributed by atoms with Crippen LogP contribution in [0.25, 0.3) is 21.5 Å². The molecule has 8 heteroatoms. The third-order valence-corrected chi connectivity index (χ3v) is 14.4. The van der Waals surface area contributed by atoms with E-state index >= 15 is 0 Å². The number of rotatable bonds is 10. The molecule has 8 nitrogen and oxygen atoms in total.